The Morgan fingerprint density at radius 2 is 1.69 bits per heavy atom. The molecule has 0 saturated carbocycles. The maximum atomic E-state index is 12.2. The van der Waals surface area contributed by atoms with E-state index in [9.17, 15) is 9.59 Å². The van der Waals surface area contributed by atoms with Crippen molar-refractivity contribution in [3.8, 4) is 16.9 Å². The minimum Gasteiger partial charge on any atom is -0.481 e. The summed E-state index contributed by atoms with van der Waals surface area (Å²) in [7, 11) is 0. The Kier molecular flexibility index (Phi) is 7.10. The van der Waals surface area contributed by atoms with Gasteiger partial charge in [0.25, 0.3) is 0 Å². The zero-order valence-electron chi connectivity index (χ0n) is 16.1. The van der Waals surface area contributed by atoms with Crippen molar-refractivity contribution in [1.82, 2.24) is 15.0 Å². The number of rotatable bonds is 10. The van der Waals surface area contributed by atoms with Gasteiger partial charge in [-0.15, -0.1) is 5.10 Å². The van der Waals surface area contributed by atoms with Crippen LogP contribution in [0.5, 0.6) is 0 Å². The van der Waals surface area contributed by atoms with Crippen molar-refractivity contribution < 1.29 is 14.7 Å². The summed E-state index contributed by atoms with van der Waals surface area (Å²) in [6.07, 6.45) is 5.54. The molecule has 0 radical (unpaired) electrons. The van der Waals surface area contributed by atoms with Gasteiger partial charge in [0.05, 0.1) is 11.9 Å². The number of carbonyl (C=O) groups is 2. The molecule has 0 unspecified atom stereocenters. The van der Waals surface area contributed by atoms with E-state index >= 15 is 0 Å². The van der Waals surface area contributed by atoms with E-state index in [1.165, 1.54) is 0 Å². The van der Waals surface area contributed by atoms with Crippen LogP contribution in [0, 0.1) is 0 Å². The van der Waals surface area contributed by atoms with E-state index < -0.39 is 5.97 Å². The van der Waals surface area contributed by atoms with Gasteiger partial charge < -0.3 is 10.4 Å². The van der Waals surface area contributed by atoms with Crippen LogP contribution < -0.4 is 5.32 Å². The third-order valence-corrected chi connectivity index (χ3v) is 4.50. The third kappa shape index (κ3) is 6.27. The van der Waals surface area contributed by atoms with E-state index in [0.717, 1.165) is 36.2 Å². The third-order valence-electron chi connectivity index (χ3n) is 4.50. The Morgan fingerprint density at radius 1 is 0.931 bits per heavy atom. The van der Waals surface area contributed by atoms with Crippen LogP contribution in [0.4, 0.5) is 5.69 Å². The van der Waals surface area contributed by atoms with Gasteiger partial charge in [-0.1, -0.05) is 48.4 Å². The number of anilines is 1. The minimum atomic E-state index is -0.772. The number of amides is 1. The molecule has 0 aliphatic carbocycles. The van der Waals surface area contributed by atoms with Crippen molar-refractivity contribution >= 4 is 17.6 Å². The van der Waals surface area contributed by atoms with Crippen LogP contribution in [0.3, 0.4) is 0 Å². The molecule has 2 N–H and O–H groups in total. The molecular formula is C22H24N4O3. The lowest BCUT2D eigenvalue weighted by Crippen LogP contribution is -2.11. The first kappa shape index (κ1) is 20.3. The van der Waals surface area contributed by atoms with Crippen LogP contribution in [-0.4, -0.2) is 32.0 Å². The van der Waals surface area contributed by atoms with Crippen molar-refractivity contribution in [3.05, 3.63) is 60.8 Å². The number of para-hydroxylation sites is 1. The number of benzene rings is 2. The first-order valence-corrected chi connectivity index (χ1v) is 9.72. The van der Waals surface area contributed by atoms with Gasteiger partial charge in [-0.3, -0.25) is 9.59 Å². The van der Waals surface area contributed by atoms with Gasteiger partial charge >= 0.3 is 5.97 Å². The van der Waals surface area contributed by atoms with Gasteiger partial charge in [-0.2, -0.15) is 0 Å². The molecule has 0 fully saturated rings. The Labute approximate surface area is 169 Å². The molecule has 29 heavy (non-hydrogen) atoms. The second-order valence-corrected chi connectivity index (χ2v) is 6.82. The van der Waals surface area contributed by atoms with E-state index in [2.05, 4.69) is 15.6 Å². The zero-order valence-corrected chi connectivity index (χ0v) is 16.1. The van der Waals surface area contributed by atoms with E-state index in [4.69, 9.17) is 5.11 Å². The van der Waals surface area contributed by atoms with Gasteiger partial charge in [-0.05, 0) is 37.1 Å². The second kappa shape index (κ2) is 10.2. The fraction of sp³-hybridized carbons (Fsp3) is 0.273. The molecule has 1 amide bonds. The summed E-state index contributed by atoms with van der Waals surface area (Å²) in [5, 5.41) is 19.9. The number of nitrogens with zero attached hydrogens (tertiary/aromatic N) is 3. The smallest absolute Gasteiger partial charge is 0.303 e. The summed E-state index contributed by atoms with van der Waals surface area (Å²) in [5.74, 6) is -0.820. The number of hydrogen-bond acceptors (Lipinski definition) is 4. The van der Waals surface area contributed by atoms with Gasteiger partial charge in [0.1, 0.15) is 5.69 Å². The molecule has 3 rings (SSSR count). The number of unbranched alkanes of at least 4 members (excludes halogenated alkanes) is 3. The fourth-order valence-electron chi connectivity index (χ4n) is 3.00. The van der Waals surface area contributed by atoms with Crippen LogP contribution in [0.25, 0.3) is 16.9 Å². The Hall–Kier alpha value is -3.48. The molecule has 0 aliphatic heterocycles. The maximum Gasteiger partial charge on any atom is 0.303 e. The van der Waals surface area contributed by atoms with E-state index in [0.29, 0.717) is 18.5 Å². The van der Waals surface area contributed by atoms with Crippen molar-refractivity contribution in [2.45, 2.75) is 38.5 Å². The van der Waals surface area contributed by atoms with E-state index in [-0.39, 0.29) is 12.3 Å². The average molecular weight is 392 g/mol. The monoisotopic (exact) mass is 392 g/mol. The molecule has 7 heteroatoms. The molecule has 0 aliphatic rings. The molecule has 2 aromatic carbocycles. The summed E-state index contributed by atoms with van der Waals surface area (Å²) in [4.78, 5) is 22.6. The number of nitrogens with one attached hydrogen (secondary N) is 1. The first-order valence-electron chi connectivity index (χ1n) is 9.72. The topological polar surface area (TPSA) is 97.1 Å². The summed E-state index contributed by atoms with van der Waals surface area (Å²) >= 11 is 0. The molecule has 0 bridgehead atoms. The Balaban J connectivity index is 1.53. The predicted molar refractivity (Wildman–Crippen MR) is 111 cm³/mol. The predicted octanol–water partition coefficient (Wildman–Crippen LogP) is 4.30. The largest absolute Gasteiger partial charge is 0.481 e. The lowest BCUT2D eigenvalue weighted by molar-refractivity contribution is -0.137. The van der Waals surface area contributed by atoms with Crippen molar-refractivity contribution in [3.63, 3.8) is 0 Å². The summed E-state index contributed by atoms with van der Waals surface area (Å²) < 4.78 is 1.71. The summed E-state index contributed by atoms with van der Waals surface area (Å²) in [5.41, 5.74) is 3.24. The zero-order chi connectivity index (χ0) is 20.5. The highest BCUT2D eigenvalue weighted by Crippen LogP contribution is 2.21. The van der Waals surface area contributed by atoms with Crippen molar-refractivity contribution in [1.29, 1.82) is 0 Å². The molecule has 0 atom stereocenters. The number of carbonyl (C=O) groups excluding carboxylic acids is 1. The number of aliphatic carboxylic acids is 1. The number of aromatic nitrogens is 3. The molecule has 150 valence electrons. The standard InChI is InChI=1S/C22H24N4O3/c27-21(13-6-1-2-7-14-22(28)29)23-18-10-8-9-17(15-18)20-16-26(25-24-20)19-11-4-3-5-12-19/h3-5,8-12,15-16H,1-2,6-7,13-14H2,(H,23,27)(H,28,29). The fourth-order valence-corrected chi connectivity index (χ4v) is 3.00. The molecular weight excluding hydrogens is 368 g/mol. The van der Waals surface area contributed by atoms with Crippen LogP contribution in [0.1, 0.15) is 38.5 Å². The van der Waals surface area contributed by atoms with Crippen LogP contribution in [-0.2, 0) is 9.59 Å². The number of carboxylic acids is 1. The van der Waals surface area contributed by atoms with Crippen molar-refractivity contribution in [2.24, 2.45) is 0 Å². The van der Waals surface area contributed by atoms with Gasteiger partial charge in [0, 0.05) is 24.1 Å². The molecule has 0 spiro atoms. The SMILES string of the molecule is O=C(O)CCCCCCC(=O)Nc1cccc(-c2cn(-c3ccccc3)nn2)c1. The van der Waals surface area contributed by atoms with Gasteiger partial charge in [0.15, 0.2) is 0 Å². The highest BCUT2D eigenvalue weighted by Gasteiger charge is 2.08. The number of carboxylic acid groups (broad SMARTS) is 1. The molecule has 3 aromatic rings. The Morgan fingerprint density at radius 3 is 2.45 bits per heavy atom. The van der Waals surface area contributed by atoms with Crippen molar-refractivity contribution in [2.75, 3.05) is 5.32 Å². The second-order valence-electron chi connectivity index (χ2n) is 6.82. The first-order chi connectivity index (χ1) is 14.1. The minimum absolute atomic E-state index is 0.0478. The Bertz CT molecular complexity index is 953. The highest BCUT2D eigenvalue weighted by molar-refractivity contribution is 5.91. The maximum absolute atomic E-state index is 12.2. The molecule has 7 nitrogen and oxygen atoms in total. The number of hydrogen-bond donors (Lipinski definition) is 2. The normalized spacial score (nSPS) is 10.6. The van der Waals surface area contributed by atoms with Gasteiger partial charge in [-0.25, -0.2) is 4.68 Å². The van der Waals surface area contributed by atoms with E-state index in [1.807, 2.05) is 60.8 Å². The molecule has 1 aromatic heterocycles. The van der Waals surface area contributed by atoms with Crippen LogP contribution in [0.15, 0.2) is 60.8 Å². The summed E-state index contributed by atoms with van der Waals surface area (Å²) in [6.45, 7) is 0. The van der Waals surface area contributed by atoms with E-state index in [1.54, 1.807) is 4.68 Å². The lowest BCUT2D eigenvalue weighted by atomic mass is 10.1. The van der Waals surface area contributed by atoms with Gasteiger partial charge in [0.2, 0.25) is 5.91 Å². The van der Waals surface area contributed by atoms with Crippen LogP contribution >= 0.6 is 0 Å². The summed E-state index contributed by atoms with van der Waals surface area (Å²) in [6, 6.07) is 17.3. The quantitative estimate of drug-likeness (QED) is 0.502. The van der Waals surface area contributed by atoms with Crippen LogP contribution in [0.2, 0.25) is 0 Å². The molecule has 1 heterocycles. The lowest BCUT2D eigenvalue weighted by Gasteiger charge is -2.06. The highest BCUT2D eigenvalue weighted by atomic mass is 16.4. The average Bonchev–Trinajstić information content (AvgIpc) is 3.22. The molecule has 0 saturated heterocycles.